The van der Waals surface area contributed by atoms with Crippen LogP contribution in [0.25, 0.3) is 0 Å². The van der Waals surface area contributed by atoms with Gasteiger partial charge >= 0.3 is 0 Å². The largest absolute Gasteiger partial charge is 0.382 e. The van der Waals surface area contributed by atoms with E-state index in [9.17, 15) is 0 Å². The van der Waals surface area contributed by atoms with E-state index < -0.39 is 0 Å². The van der Waals surface area contributed by atoms with Crippen molar-refractivity contribution in [2.24, 2.45) is 0 Å². The lowest BCUT2D eigenvalue weighted by Crippen LogP contribution is -2.56. The SMILES string of the molecule is COC[C@H]1OC[C@H](OC)[C@@H](OC)[C@@H]1OC. The second-order valence-corrected chi connectivity index (χ2v) is 3.50. The highest BCUT2D eigenvalue weighted by Crippen LogP contribution is 2.22. The molecule has 1 aliphatic rings. The summed E-state index contributed by atoms with van der Waals surface area (Å²) in [7, 11) is 6.57. The Morgan fingerprint density at radius 3 is 2.13 bits per heavy atom. The maximum atomic E-state index is 5.60. The predicted octanol–water partition coefficient (Wildman–Crippen LogP) is 0.0766. The van der Waals surface area contributed by atoms with Crippen molar-refractivity contribution in [1.29, 1.82) is 0 Å². The fourth-order valence-corrected chi connectivity index (χ4v) is 1.91. The van der Waals surface area contributed by atoms with Crippen molar-refractivity contribution in [3.05, 3.63) is 0 Å². The molecule has 1 rings (SSSR count). The number of hydrogen-bond acceptors (Lipinski definition) is 5. The second-order valence-electron chi connectivity index (χ2n) is 3.50. The van der Waals surface area contributed by atoms with Crippen molar-refractivity contribution >= 4 is 0 Å². The van der Waals surface area contributed by atoms with E-state index in [0.717, 1.165) is 0 Å². The number of ether oxygens (including phenoxy) is 5. The molecule has 90 valence electrons. The molecule has 0 bridgehead atoms. The van der Waals surface area contributed by atoms with Gasteiger partial charge in [0.25, 0.3) is 0 Å². The minimum atomic E-state index is -0.159. The van der Waals surface area contributed by atoms with Crippen molar-refractivity contribution in [3.8, 4) is 0 Å². The summed E-state index contributed by atoms with van der Waals surface area (Å²) in [4.78, 5) is 0. The van der Waals surface area contributed by atoms with Crippen LogP contribution in [-0.2, 0) is 23.7 Å². The predicted molar refractivity (Wildman–Crippen MR) is 54.0 cm³/mol. The zero-order chi connectivity index (χ0) is 11.3. The summed E-state index contributed by atoms with van der Waals surface area (Å²) in [6, 6.07) is 0. The van der Waals surface area contributed by atoms with Crippen molar-refractivity contribution in [2.45, 2.75) is 24.4 Å². The third-order valence-corrected chi connectivity index (χ3v) is 2.71. The van der Waals surface area contributed by atoms with Gasteiger partial charge in [-0.3, -0.25) is 0 Å². The fourth-order valence-electron chi connectivity index (χ4n) is 1.91. The zero-order valence-electron chi connectivity index (χ0n) is 9.76. The average molecular weight is 220 g/mol. The summed E-state index contributed by atoms with van der Waals surface area (Å²) in [6.45, 7) is 0.998. The quantitative estimate of drug-likeness (QED) is 0.656. The van der Waals surface area contributed by atoms with Crippen LogP contribution in [-0.4, -0.2) is 66.1 Å². The van der Waals surface area contributed by atoms with Gasteiger partial charge in [-0.05, 0) is 0 Å². The maximum Gasteiger partial charge on any atom is 0.114 e. The van der Waals surface area contributed by atoms with E-state index >= 15 is 0 Å². The molecule has 1 aliphatic heterocycles. The standard InChI is InChI=1S/C10H20O5/c1-11-5-8-10(14-4)9(13-3)7(12-2)6-15-8/h7-10H,5-6H2,1-4H3/t7-,8+,9+,10+/m0/s1. The van der Waals surface area contributed by atoms with E-state index in [0.29, 0.717) is 13.2 Å². The van der Waals surface area contributed by atoms with E-state index in [2.05, 4.69) is 0 Å². The van der Waals surface area contributed by atoms with Gasteiger partial charge < -0.3 is 23.7 Å². The molecule has 0 amide bonds. The highest BCUT2D eigenvalue weighted by Gasteiger charge is 2.41. The first kappa shape index (κ1) is 12.9. The van der Waals surface area contributed by atoms with Gasteiger partial charge in [0.05, 0.1) is 13.2 Å². The van der Waals surface area contributed by atoms with E-state index in [1.807, 2.05) is 0 Å². The Kier molecular flexibility index (Phi) is 5.49. The smallest absolute Gasteiger partial charge is 0.114 e. The second kappa shape index (κ2) is 6.40. The number of hydrogen-bond donors (Lipinski definition) is 0. The van der Waals surface area contributed by atoms with Gasteiger partial charge in [-0.2, -0.15) is 0 Å². The molecule has 5 heteroatoms. The molecule has 4 atom stereocenters. The molecule has 0 aromatic rings. The van der Waals surface area contributed by atoms with Gasteiger partial charge in [-0.25, -0.2) is 0 Å². The summed E-state index contributed by atoms with van der Waals surface area (Å²) < 4.78 is 26.7. The molecule has 0 spiro atoms. The van der Waals surface area contributed by atoms with Crippen molar-refractivity contribution in [3.63, 3.8) is 0 Å². The summed E-state index contributed by atoms with van der Waals surface area (Å²) in [5.74, 6) is 0. The molecule has 0 aromatic carbocycles. The van der Waals surface area contributed by atoms with Gasteiger partial charge in [0.2, 0.25) is 0 Å². The molecule has 0 aliphatic carbocycles. The molecular formula is C10H20O5. The first-order valence-corrected chi connectivity index (χ1v) is 4.97. The summed E-state index contributed by atoms with van der Waals surface area (Å²) in [5.41, 5.74) is 0. The van der Waals surface area contributed by atoms with Crippen LogP contribution in [0.2, 0.25) is 0 Å². The highest BCUT2D eigenvalue weighted by molar-refractivity contribution is 4.89. The van der Waals surface area contributed by atoms with Crippen molar-refractivity contribution in [1.82, 2.24) is 0 Å². The Morgan fingerprint density at radius 1 is 1.00 bits per heavy atom. The monoisotopic (exact) mass is 220 g/mol. The Labute approximate surface area is 90.6 Å². The number of rotatable bonds is 5. The van der Waals surface area contributed by atoms with Crippen LogP contribution < -0.4 is 0 Å². The van der Waals surface area contributed by atoms with Crippen molar-refractivity contribution in [2.75, 3.05) is 41.7 Å². The average Bonchev–Trinajstić information content (AvgIpc) is 2.28. The molecule has 1 saturated heterocycles. The van der Waals surface area contributed by atoms with Gasteiger partial charge in [0, 0.05) is 28.4 Å². The Balaban J connectivity index is 2.65. The lowest BCUT2D eigenvalue weighted by molar-refractivity contribution is -0.219. The third-order valence-electron chi connectivity index (χ3n) is 2.71. The Hall–Kier alpha value is -0.200. The topological polar surface area (TPSA) is 46.2 Å². The van der Waals surface area contributed by atoms with Crippen LogP contribution in [0, 0.1) is 0 Å². The van der Waals surface area contributed by atoms with E-state index in [1.54, 1.807) is 28.4 Å². The minimum Gasteiger partial charge on any atom is -0.382 e. The molecule has 1 fully saturated rings. The molecule has 0 unspecified atom stereocenters. The molecule has 0 N–H and O–H groups in total. The van der Waals surface area contributed by atoms with Crippen LogP contribution >= 0.6 is 0 Å². The molecule has 0 aromatic heterocycles. The highest BCUT2D eigenvalue weighted by atomic mass is 16.6. The lowest BCUT2D eigenvalue weighted by atomic mass is 10.00. The molecule has 1 heterocycles. The molecule has 5 nitrogen and oxygen atoms in total. The van der Waals surface area contributed by atoms with Crippen molar-refractivity contribution < 1.29 is 23.7 Å². The maximum absolute atomic E-state index is 5.60. The van der Waals surface area contributed by atoms with Crippen LogP contribution in [0.4, 0.5) is 0 Å². The van der Waals surface area contributed by atoms with Gasteiger partial charge in [0.1, 0.15) is 24.4 Å². The lowest BCUT2D eigenvalue weighted by Gasteiger charge is -2.40. The number of methoxy groups -OCH3 is 4. The molecule has 0 radical (unpaired) electrons. The van der Waals surface area contributed by atoms with Crippen LogP contribution in [0.15, 0.2) is 0 Å². The third kappa shape index (κ3) is 2.89. The zero-order valence-corrected chi connectivity index (χ0v) is 9.76. The Morgan fingerprint density at radius 2 is 1.67 bits per heavy atom. The summed E-state index contributed by atoms with van der Waals surface area (Å²) in [5, 5.41) is 0. The molecule has 15 heavy (non-hydrogen) atoms. The van der Waals surface area contributed by atoms with Gasteiger partial charge in [-0.1, -0.05) is 0 Å². The normalized spacial score (nSPS) is 36.8. The van der Waals surface area contributed by atoms with Crippen LogP contribution in [0.3, 0.4) is 0 Å². The fraction of sp³-hybridized carbons (Fsp3) is 1.00. The molecule has 0 saturated carbocycles. The summed E-state index contributed by atoms with van der Waals surface area (Å²) >= 11 is 0. The van der Waals surface area contributed by atoms with E-state index in [1.165, 1.54) is 0 Å². The molecular weight excluding hydrogens is 200 g/mol. The van der Waals surface area contributed by atoms with E-state index in [4.69, 9.17) is 23.7 Å². The van der Waals surface area contributed by atoms with Crippen LogP contribution in [0.5, 0.6) is 0 Å². The van der Waals surface area contributed by atoms with E-state index in [-0.39, 0.29) is 24.4 Å². The minimum absolute atomic E-state index is 0.0898. The summed E-state index contributed by atoms with van der Waals surface area (Å²) in [6.07, 6.45) is -0.466. The first-order valence-electron chi connectivity index (χ1n) is 4.97. The van der Waals surface area contributed by atoms with Gasteiger partial charge in [-0.15, -0.1) is 0 Å². The Bertz CT molecular complexity index is 175. The first-order chi connectivity index (χ1) is 7.28. The van der Waals surface area contributed by atoms with Gasteiger partial charge in [0.15, 0.2) is 0 Å². The van der Waals surface area contributed by atoms with Crippen LogP contribution in [0.1, 0.15) is 0 Å².